The number of nitrogens with zero attached hydrogens (tertiary/aromatic N) is 1. The van der Waals surface area contributed by atoms with E-state index in [0.29, 0.717) is 5.56 Å². The predicted octanol–water partition coefficient (Wildman–Crippen LogP) is 4.77. The minimum Gasteiger partial charge on any atom is -0.489 e. The second-order valence-corrected chi connectivity index (χ2v) is 6.14. The van der Waals surface area contributed by atoms with Gasteiger partial charge in [-0.25, -0.2) is 0 Å². The molecule has 3 rings (SSSR count). The van der Waals surface area contributed by atoms with Gasteiger partial charge in [0.15, 0.2) is 0 Å². The summed E-state index contributed by atoms with van der Waals surface area (Å²) in [6, 6.07) is 13.4. The molecule has 0 aliphatic heterocycles. The van der Waals surface area contributed by atoms with E-state index in [0.717, 1.165) is 17.8 Å². The van der Waals surface area contributed by atoms with E-state index in [1.54, 1.807) is 18.2 Å². The van der Waals surface area contributed by atoms with E-state index in [-0.39, 0.29) is 24.7 Å². The average Bonchev–Trinajstić information content (AvgIpc) is 3.23. The number of rotatable bonds is 7. The van der Waals surface area contributed by atoms with Crippen LogP contribution >= 0.6 is 0 Å². The third-order valence-corrected chi connectivity index (χ3v) is 4.11. The van der Waals surface area contributed by atoms with Gasteiger partial charge < -0.3 is 19.4 Å². The first-order valence-electron chi connectivity index (χ1n) is 8.76. The van der Waals surface area contributed by atoms with Crippen molar-refractivity contribution in [3.63, 3.8) is 0 Å². The molecular weight excluding hydrogens is 385 g/mol. The summed E-state index contributed by atoms with van der Waals surface area (Å²) in [5.41, 5.74) is 0.111. The molecule has 1 N–H and O–H groups in total. The Morgan fingerprint density at radius 1 is 1.03 bits per heavy atom. The summed E-state index contributed by atoms with van der Waals surface area (Å²) in [5, 5.41) is 2.52. The fraction of sp³-hybridized carbons (Fsp3) is 0.190. The van der Waals surface area contributed by atoms with Gasteiger partial charge in [0.25, 0.3) is 5.91 Å². The number of carbonyl (C=O) groups excluding carboxylic acids is 1. The second-order valence-electron chi connectivity index (χ2n) is 6.14. The molecule has 3 aromatic rings. The maximum Gasteiger partial charge on any atom is 0.416 e. The van der Waals surface area contributed by atoms with Crippen LogP contribution in [-0.4, -0.2) is 30.8 Å². The molecule has 0 unspecified atom stereocenters. The van der Waals surface area contributed by atoms with Crippen molar-refractivity contribution in [1.29, 1.82) is 0 Å². The molecule has 1 heterocycles. The number of amides is 1. The number of anilines is 1. The maximum atomic E-state index is 13.1. The lowest BCUT2D eigenvalue weighted by Gasteiger charge is -2.15. The van der Waals surface area contributed by atoms with E-state index in [1.165, 1.54) is 13.2 Å². The third-order valence-electron chi connectivity index (χ3n) is 4.11. The highest BCUT2D eigenvalue weighted by atomic mass is 19.4. The van der Waals surface area contributed by atoms with Crippen molar-refractivity contribution in [1.82, 2.24) is 4.57 Å². The Kier molecular flexibility index (Phi) is 6.23. The number of hydrogen-bond acceptors (Lipinski definition) is 3. The average molecular weight is 404 g/mol. The Morgan fingerprint density at radius 2 is 1.79 bits per heavy atom. The van der Waals surface area contributed by atoms with E-state index < -0.39 is 17.6 Å². The number of ether oxygens (including phenoxy) is 2. The monoisotopic (exact) mass is 404 g/mol. The molecule has 152 valence electrons. The van der Waals surface area contributed by atoms with Gasteiger partial charge in [0, 0.05) is 30.8 Å². The van der Waals surface area contributed by atoms with Gasteiger partial charge in [-0.3, -0.25) is 4.79 Å². The van der Waals surface area contributed by atoms with Gasteiger partial charge in [0.1, 0.15) is 12.4 Å². The van der Waals surface area contributed by atoms with E-state index in [9.17, 15) is 18.0 Å². The normalized spacial score (nSPS) is 11.3. The molecule has 0 aliphatic rings. The molecule has 0 atom stereocenters. The topological polar surface area (TPSA) is 52.5 Å². The van der Waals surface area contributed by atoms with Crippen LogP contribution in [0.2, 0.25) is 0 Å². The number of benzene rings is 2. The molecule has 29 heavy (non-hydrogen) atoms. The summed E-state index contributed by atoms with van der Waals surface area (Å²) in [5.74, 6) is -0.417. The van der Waals surface area contributed by atoms with Gasteiger partial charge in [-0.1, -0.05) is 6.07 Å². The minimum absolute atomic E-state index is 0.0627. The van der Waals surface area contributed by atoms with Crippen LogP contribution in [0.5, 0.6) is 5.75 Å². The molecule has 1 amide bonds. The standard InChI is InChI=1S/C21H19F3N2O3/c1-28-11-12-29-19-8-7-16(21(22,23)24)14-18(19)25-20(27)15-5-4-6-17(13-15)26-9-2-3-10-26/h2-10,13-14H,11-12H2,1H3,(H,25,27). The van der Waals surface area contributed by atoms with Crippen molar-refractivity contribution in [2.45, 2.75) is 6.18 Å². The Labute approximate surface area is 165 Å². The Balaban J connectivity index is 1.87. The second kappa shape index (κ2) is 8.83. The lowest BCUT2D eigenvalue weighted by atomic mass is 10.1. The molecule has 8 heteroatoms. The number of halogens is 3. The first-order valence-corrected chi connectivity index (χ1v) is 8.76. The van der Waals surface area contributed by atoms with Crippen LogP contribution in [0.3, 0.4) is 0 Å². The van der Waals surface area contributed by atoms with Gasteiger partial charge in [0.05, 0.1) is 17.9 Å². The Hall–Kier alpha value is -3.26. The smallest absolute Gasteiger partial charge is 0.416 e. The highest BCUT2D eigenvalue weighted by Gasteiger charge is 2.31. The van der Waals surface area contributed by atoms with E-state index >= 15 is 0 Å². The molecule has 0 fully saturated rings. The number of nitrogens with one attached hydrogen (secondary N) is 1. The largest absolute Gasteiger partial charge is 0.489 e. The van der Waals surface area contributed by atoms with Gasteiger partial charge in [0.2, 0.25) is 0 Å². The zero-order valence-corrected chi connectivity index (χ0v) is 15.6. The molecular formula is C21H19F3N2O3. The molecule has 0 aliphatic carbocycles. The minimum atomic E-state index is -4.54. The molecule has 5 nitrogen and oxygen atoms in total. The van der Waals surface area contributed by atoms with Gasteiger partial charge in [-0.15, -0.1) is 0 Å². The van der Waals surface area contributed by atoms with Crippen molar-refractivity contribution in [3.05, 3.63) is 78.1 Å². The summed E-state index contributed by atoms with van der Waals surface area (Å²) in [7, 11) is 1.48. The summed E-state index contributed by atoms with van der Waals surface area (Å²) < 4.78 is 51.5. The zero-order chi connectivity index (χ0) is 20.9. The third kappa shape index (κ3) is 5.17. The van der Waals surface area contributed by atoms with Crippen molar-refractivity contribution >= 4 is 11.6 Å². The van der Waals surface area contributed by atoms with Crippen LogP contribution in [0.1, 0.15) is 15.9 Å². The fourth-order valence-electron chi connectivity index (χ4n) is 2.67. The van der Waals surface area contributed by atoms with Crippen molar-refractivity contribution in [2.24, 2.45) is 0 Å². The highest BCUT2D eigenvalue weighted by Crippen LogP contribution is 2.35. The first-order chi connectivity index (χ1) is 13.9. The lowest BCUT2D eigenvalue weighted by Crippen LogP contribution is -2.15. The van der Waals surface area contributed by atoms with E-state index in [4.69, 9.17) is 9.47 Å². The molecule has 0 bridgehead atoms. The van der Waals surface area contributed by atoms with Crippen molar-refractivity contribution in [2.75, 3.05) is 25.6 Å². The van der Waals surface area contributed by atoms with Gasteiger partial charge in [-0.2, -0.15) is 13.2 Å². The maximum absolute atomic E-state index is 13.1. The number of methoxy groups -OCH3 is 1. The number of carbonyl (C=O) groups is 1. The van der Waals surface area contributed by atoms with Crippen LogP contribution in [0, 0.1) is 0 Å². The van der Waals surface area contributed by atoms with Crippen LogP contribution in [0.25, 0.3) is 5.69 Å². The predicted molar refractivity (Wildman–Crippen MR) is 103 cm³/mol. The van der Waals surface area contributed by atoms with Crippen molar-refractivity contribution in [3.8, 4) is 11.4 Å². The summed E-state index contributed by atoms with van der Waals surface area (Å²) in [6.45, 7) is 0.390. The molecule has 0 radical (unpaired) electrons. The molecule has 0 spiro atoms. The fourth-order valence-corrected chi connectivity index (χ4v) is 2.67. The Morgan fingerprint density at radius 3 is 2.48 bits per heavy atom. The van der Waals surface area contributed by atoms with Crippen LogP contribution < -0.4 is 10.1 Å². The van der Waals surface area contributed by atoms with Crippen LogP contribution in [-0.2, 0) is 10.9 Å². The van der Waals surface area contributed by atoms with Gasteiger partial charge >= 0.3 is 6.18 Å². The quantitative estimate of drug-likeness (QED) is 0.577. The van der Waals surface area contributed by atoms with Crippen molar-refractivity contribution < 1.29 is 27.4 Å². The van der Waals surface area contributed by atoms with E-state index in [2.05, 4.69) is 5.32 Å². The summed E-state index contributed by atoms with van der Waals surface area (Å²) in [6.07, 6.45) is -0.893. The molecule has 2 aromatic carbocycles. The number of aromatic nitrogens is 1. The highest BCUT2D eigenvalue weighted by molar-refractivity contribution is 6.05. The molecule has 0 saturated carbocycles. The zero-order valence-electron chi connectivity index (χ0n) is 15.6. The van der Waals surface area contributed by atoms with E-state index in [1.807, 2.05) is 35.2 Å². The Bertz CT molecular complexity index is 970. The molecule has 1 aromatic heterocycles. The van der Waals surface area contributed by atoms with Crippen LogP contribution in [0.15, 0.2) is 67.0 Å². The molecule has 0 saturated heterocycles. The lowest BCUT2D eigenvalue weighted by molar-refractivity contribution is -0.137. The number of hydrogen-bond donors (Lipinski definition) is 1. The summed E-state index contributed by atoms with van der Waals surface area (Å²) in [4.78, 5) is 12.7. The SMILES string of the molecule is COCCOc1ccc(C(F)(F)F)cc1NC(=O)c1cccc(-n2cccc2)c1. The summed E-state index contributed by atoms with van der Waals surface area (Å²) >= 11 is 0. The van der Waals surface area contributed by atoms with Gasteiger partial charge in [-0.05, 0) is 48.5 Å². The first kappa shape index (κ1) is 20.5. The van der Waals surface area contributed by atoms with Crippen LogP contribution in [0.4, 0.5) is 18.9 Å². The number of alkyl halides is 3.